The fourth-order valence-corrected chi connectivity index (χ4v) is 1.91. The van der Waals surface area contributed by atoms with Gasteiger partial charge in [0.05, 0.1) is 0 Å². The lowest BCUT2D eigenvalue weighted by Crippen LogP contribution is -2.37. The molecule has 3 nitrogen and oxygen atoms in total. The van der Waals surface area contributed by atoms with Crippen molar-refractivity contribution in [1.82, 2.24) is 5.32 Å². The summed E-state index contributed by atoms with van der Waals surface area (Å²) in [6.07, 6.45) is -0.219. The van der Waals surface area contributed by atoms with Gasteiger partial charge in [0.25, 0.3) is 5.91 Å². The molecule has 0 aliphatic heterocycles. The SMILES string of the molecule is C[C@@H](Oc1ccccc1F)C(=O)NCCc1ccc(F)cc1. The molecule has 5 heteroatoms. The first-order valence-electron chi connectivity index (χ1n) is 6.99. The van der Waals surface area contributed by atoms with Crippen molar-refractivity contribution in [2.45, 2.75) is 19.4 Å². The molecule has 0 radical (unpaired) electrons. The molecule has 1 amide bonds. The van der Waals surface area contributed by atoms with Crippen LogP contribution in [0.5, 0.6) is 5.75 Å². The Morgan fingerprint density at radius 3 is 2.50 bits per heavy atom. The fraction of sp³-hybridized carbons (Fsp3) is 0.235. The zero-order valence-corrected chi connectivity index (χ0v) is 12.2. The van der Waals surface area contributed by atoms with Gasteiger partial charge in [-0.25, -0.2) is 8.78 Å². The minimum Gasteiger partial charge on any atom is -0.478 e. The van der Waals surface area contributed by atoms with Gasteiger partial charge in [-0.05, 0) is 43.2 Å². The molecule has 116 valence electrons. The Morgan fingerprint density at radius 1 is 1.14 bits per heavy atom. The van der Waals surface area contributed by atoms with Crippen LogP contribution in [-0.2, 0) is 11.2 Å². The highest BCUT2D eigenvalue weighted by Crippen LogP contribution is 2.16. The molecule has 22 heavy (non-hydrogen) atoms. The van der Waals surface area contributed by atoms with Crippen LogP contribution < -0.4 is 10.1 Å². The number of carbonyl (C=O) groups is 1. The van der Waals surface area contributed by atoms with E-state index in [2.05, 4.69) is 5.32 Å². The Morgan fingerprint density at radius 2 is 1.82 bits per heavy atom. The first-order valence-corrected chi connectivity index (χ1v) is 6.99. The van der Waals surface area contributed by atoms with Gasteiger partial charge in [-0.15, -0.1) is 0 Å². The van der Waals surface area contributed by atoms with E-state index in [0.29, 0.717) is 13.0 Å². The fourth-order valence-electron chi connectivity index (χ4n) is 1.91. The largest absolute Gasteiger partial charge is 0.478 e. The maximum absolute atomic E-state index is 13.4. The first-order chi connectivity index (χ1) is 10.6. The number of hydrogen-bond donors (Lipinski definition) is 1. The number of hydrogen-bond acceptors (Lipinski definition) is 2. The molecular formula is C17H17F2NO2. The van der Waals surface area contributed by atoms with Crippen LogP contribution >= 0.6 is 0 Å². The average Bonchev–Trinajstić information content (AvgIpc) is 2.51. The van der Waals surface area contributed by atoms with Crippen molar-refractivity contribution in [2.75, 3.05) is 6.54 Å². The van der Waals surface area contributed by atoms with Crippen molar-refractivity contribution in [1.29, 1.82) is 0 Å². The van der Waals surface area contributed by atoms with Crippen molar-refractivity contribution < 1.29 is 18.3 Å². The second-order valence-corrected chi connectivity index (χ2v) is 4.86. The number of carbonyl (C=O) groups excluding carboxylic acids is 1. The highest BCUT2D eigenvalue weighted by molar-refractivity contribution is 5.80. The van der Waals surface area contributed by atoms with Gasteiger partial charge < -0.3 is 10.1 Å². The van der Waals surface area contributed by atoms with Crippen molar-refractivity contribution in [2.24, 2.45) is 0 Å². The molecule has 0 saturated heterocycles. The van der Waals surface area contributed by atoms with E-state index in [4.69, 9.17) is 4.74 Å². The molecule has 0 aliphatic carbocycles. The van der Waals surface area contributed by atoms with Crippen LogP contribution in [0.3, 0.4) is 0 Å². The number of halogens is 2. The normalized spacial score (nSPS) is 11.8. The quantitative estimate of drug-likeness (QED) is 0.890. The standard InChI is InChI=1S/C17H17F2NO2/c1-12(22-16-5-3-2-4-15(16)19)17(21)20-11-10-13-6-8-14(18)9-7-13/h2-9,12H,10-11H2,1H3,(H,20,21)/t12-/m1/s1. The Hall–Kier alpha value is -2.43. The van der Waals surface area contributed by atoms with E-state index in [1.165, 1.54) is 24.3 Å². The van der Waals surface area contributed by atoms with E-state index >= 15 is 0 Å². The van der Waals surface area contributed by atoms with E-state index < -0.39 is 11.9 Å². The van der Waals surface area contributed by atoms with E-state index in [0.717, 1.165) is 5.56 Å². The van der Waals surface area contributed by atoms with Crippen LogP contribution in [0.15, 0.2) is 48.5 Å². The van der Waals surface area contributed by atoms with Gasteiger partial charge in [0.2, 0.25) is 0 Å². The third-order valence-electron chi connectivity index (χ3n) is 3.14. The monoisotopic (exact) mass is 305 g/mol. The second kappa shape index (κ2) is 7.54. The van der Waals surface area contributed by atoms with Gasteiger partial charge in [-0.3, -0.25) is 4.79 Å². The van der Waals surface area contributed by atoms with Crippen LogP contribution in [0.2, 0.25) is 0 Å². The summed E-state index contributed by atoms with van der Waals surface area (Å²) >= 11 is 0. The summed E-state index contributed by atoms with van der Waals surface area (Å²) in [6.45, 7) is 1.95. The second-order valence-electron chi connectivity index (χ2n) is 4.86. The average molecular weight is 305 g/mol. The Labute approximate surface area is 127 Å². The van der Waals surface area contributed by atoms with Crippen LogP contribution in [0, 0.1) is 11.6 Å². The summed E-state index contributed by atoms with van der Waals surface area (Å²) in [6, 6.07) is 12.0. The molecule has 0 aliphatic rings. The van der Waals surface area contributed by atoms with Crippen molar-refractivity contribution in [3.63, 3.8) is 0 Å². The molecule has 2 aromatic rings. The smallest absolute Gasteiger partial charge is 0.260 e. The molecule has 2 aromatic carbocycles. The van der Waals surface area contributed by atoms with Crippen LogP contribution in [0.25, 0.3) is 0 Å². The number of ether oxygens (including phenoxy) is 1. The third kappa shape index (κ3) is 4.55. The van der Waals surface area contributed by atoms with Gasteiger partial charge >= 0.3 is 0 Å². The number of para-hydroxylation sites is 1. The summed E-state index contributed by atoms with van der Waals surface area (Å²) in [5.41, 5.74) is 0.921. The lowest BCUT2D eigenvalue weighted by molar-refractivity contribution is -0.127. The highest BCUT2D eigenvalue weighted by Gasteiger charge is 2.15. The van der Waals surface area contributed by atoms with Gasteiger partial charge in [-0.1, -0.05) is 24.3 Å². The lowest BCUT2D eigenvalue weighted by atomic mass is 10.1. The summed E-state index contributed by atoms with van der Waals surface area (Å²) in [5, 5.41) is 2.71. The Balaban J connectivity index is 1.79. The van der Waals surface area contributed by atoms with Crippen LogP contribution in [0.1, 0.15) is 12.5 Å². The van der Waals surface area contributed by atoms with E-state index in [-0.39, 0.29) is 17.5 Å². The van der Waals surface area contributed by atoms with E-state index in [9.17, 15) is 13.6 Å². The molecule has 0 fully saturated rings. The lowest BCUT2D eigenvalue weighted by Gasteiger charge is -2.15. The van der Waals surface area contributed by atoms with Gasteiger partial charge in [0.15, 0.2) is 17.7 Å². The van der Waals surface area contributed by atoms with Gasteiger partial charge in [0, 0.05) is 6.54 Å². The molecule has 0 spiro atoms. The predicted molar refractivity (Wildman–Crippen MR) is 79.6 cm³/mol. The molecule has 2 rings (SSSR count). The number of nitrogens with one attached hydrogen (secondary N) is 1. The summed E-state index contributed by atoms with van der Waals surface area (Å²) in [4.78, 5) is 11.9. The minimum atomic E-state index is -0.801. The Bertz CT molecular complexity index is 629. The van der Waals surface area contributed by atoms with Crippen molar-refractivity contribution >= 4 is 5.91 Å². The molecule has 1 N–H and O–H groups in total. The zero-order valence-electron chi connectivity index (χ0n) is 12.2. The van der Waals surface area contributed by atoms with E-state index in [1.54, 1.807) is 31.2 Å². The zero-order chi connectivity index (χ0) is 15.9. The Kier molecular flexibility index (Phi) is 5.47. The highest BCUT2D eigenvalue weighted by atomic mass is 19.1. The summed E-state index contributed by atoms with van der Waals surface area (Å²) in [5.74, 6) is -1.08. The molecule has 0 saturated carbocycles. The summed E-state index contributed by atoms with van der Waals surface area (Å²) in [7, 11) is 0. The van der Waals surface area contributed by atoms with Gasteiger partial charge in [0.1, 0.15) is 5.82 Å². The molecule has 0 bridgehead atoms. The third-order valence-corrected chi connectivity index (χ3v) is 3.14. The topological polar surface area (TPSA) is 38.3 Å². The molecule has 1 atom stereocenters. The number of benzene rings is 2. The van der Waals surface area contributed by atoms with Crippen LogP contribution in [-0.4, -0.2) is 18.6 Å². The number of amides is 1. The summed E-state index contributed by atoms with van der Waals surface area (Å²) < 4.78 is 31.5. The molecule has 0 unspecified atom stereocenters. The minimum absolute atomic E-state index is 0.0451. The maximum Gasteiger partial charge on any atom is 0.260 e. The molecular weight excluding hydrogens is 288 g/mol. The predicted octanol–water partition coefficient (Wildman–Crippen LogP) is 3.09. The maximum atomic E-state index is 13.4. The van der Waals surface area contributed by atoms with E-state index in [1.807, 2.05) is 0 Å². The molecule has 0 heterocycles. The number of rotatable bonds is 6. The first kappa shape index (κ1) is 15.9. The molecule has 0 aromatic heterocycles. The van der Waals surface area contributed by atoms with Crippen LogP contribution in [0.4, 0.5) is 8.78 Å². The van der Waals surface area contributed by atoms with Gasteiger partial charge in [-0.2, -0.15) is 0 Å². The van der Waals surface area contributed by atoms with Crippen molar-refractivity contribution in [3.8, 4) is 5.75 Å². The van der Waals surface area contributed by atoms with Crippen molar-refractivity contribution in [3.05, 3.63) is 65.7 Å².